The summed E-state index contributed by atoms with van der Waals surface area (Å²) < 4.78 is 19.4. The SMILES string of the molecule is CCNC(c1cc(F)ccc1C)C1CCOC1CC. The molecule has 0 amide bonds. The number of hydrogen-bond acceptors (Lipinski definition) is 2. The quantitative estimate of drug-likeness (QED) is 0.878. The maximum Gasteiger partial charge on any atom is 0.123 e. The summed E-state index contributed by atoms with van der Waals surface area (Å²) in [6.07, 6.45) is 2.35. The summed E-state index contributed by atoms with van der Waals surface area (Å²) in [4.78, 5) is 0. The number of benzene rings is 1. The Hall–Kier alpha value is -0.930. The van der Waals surface area contributed by atoms with Gasteiger partial charge in [0, 0.05) is 18.6 Å². The summed E-state index contributed by atoms with van der Waals surface area (Å²) in [6.45, 7) is 8.01. The molecule has 2 nitrogen and oxygen atoms in total. The Balaban J connectivity index is 2.31. The van der Waals surface area contributed by atoms with Crippen LogP contribution < -0.4 is 5.32 Å². The molecule has 3 atom stereocenters. The molecule has 1 aromatic carbocycles. The summed E-state index contributed by atoms with van der Waals surface area (Å²) in [5.74, 6) is 0.279. The van der Waals surface area contributed by atoms with E-state index in [1.165, 1.54) is 6.07 Å². The third-order valence-corrected chi connectivity index (χ3v) is 4.09. The smallest absolute Gasteiger partial charge is 0.123 e. The highest BCUT2D eigenvalue weighted by molar-refractivity contribution is 5.30. The lowest BCUT2D eigenvalue weighted by Gasteiger charge is -2.29. The molecule has 106 valence electrons. The largest absolute Gasteiger partial charge is 0.378 e. The predicted octanol–water partition coefficient (Wildman–Crippen LogP) is 3.60. The van der Waals surface area contributed by atoms with Crippen molar-refractivity contribution < 1.29 is 9.13 Å². The van der Waals surface area contributed by atoms with E-state index in [1.807, 2.05) is 6.07 Å². The zero-order valence-electron chi connectivity index (χ0n) is 12.1. The molecule has 0 aliphatic carbocycles. The van der Waals surface area contributed by atoms with Crippen molar-refractivity contribution in [2.75, 3.05) is 13.2 Å². The van der Waals surface area contributed by atoms with Gasteiger partial charge in [-0.3, -0.25) is 0 Å². The molecule has 0 spiro atoms. The van der Waals surface area contributed by atoms with Crippen LogP contribution in [0.5, 0.6) is 0 Å². The number of aryl methyl sites for hydroxylation is 1. The maximum absolute atomic E-state index is 13.6. The first kappa shape index (κ1) is 14.5. The van der Waals surface area contributed by atoms with Crippen LogP contribution >= 0.6 is 0 Å². The molecule has 1 aromatic rings. The normalized spacial score (nSPS) is 24.6. The van der Waals surface area contributed by atoms with Gasteiger partial charge in [0.05, 0.1) is 6.10 Å². The van der Waals surface area contributed by atoms with E-state index < -0.39 is 0 Å². The van der Waals surface area contributed by atoms with E-state index in [0.29, 0.717) is 5.92 Å². The van der Waals surface area contributed by atoms with Gasteiger partial charge >= 0.3 is 0 Å². The molecule has 19 heavy (non-hydrogen) atoms. The van der Waals surface area contributed by atoms with Gasteiger partial charge in [0.25, 0.3) is 0 Å². The van der Waals surface area contributed by atoms with E-state index in [1.54, 1.807) is 6.07 Å². The minimum Gasteiger partial charge on any atom is -0.378 e. The molecule has 1 fully saturated rings. The molecule has 0 radical (unpaired) electrons. The number of ether oxygens (including phenoxy) is 1. The summed E-state index contributed by atoms with van der Waals surface area (Å²) in [5.41, 5.74) is 2.23. The van der Waals surface area contributed by atoms with Gasteiger partial charge in [0.2, 0.25) is 0 Å². The number of halogens is 1. The molecule has 1 aliphatic rings. The molecule has 1 heterocycles. The monoisotopic (exact) mass is 265 g/mol. The first-order valence-electron chi connectivity index (χ1n) is 7.28. The Morgan fingerprint density at radius 3 is 2.89 bits per heavy atom. The van der Waals surface area contributed by atoms with Crippen molar-refractivity contribution in [2.24, 2.45) is 5.92 Å². The first-order valence-corrected chi connectivity index (χ1v) is 7.28. The first-order chi connectivity index (χ1) is 9.17. The average Bonchev–Trinajstić information content (AvgIpc) is 2.87. The fourth-order valence-corrected chi connectivity index (χ4v) is 3.13. The Labute approximate surface area is 115 Å². The fourth-order valence-electron chi connectivity index (χ4n) is 3.13. The molecule has 3 heteroatoms. The molecule has 0 bridgehead atoms. The van der Waals surface area contributed by atoms with Crippen molar-refractivity contribution in [3.63, 3.8) is 0 Å². The van der Waals surface area contributed by atoms with Crippen LogP contribution in [-0.4, -0.2) is 19.3 Å². The molecule has 0 aromatic heterocycles. The fraction of sp³-hybridized carbons (Fsp3) is 0.625. The molecule has 3 unspecified atom stereocenters. The van der Waals surface area contributed by atoms with Crippen LogP contribution in [0.3, 0.4) is 0 Å². The highest BCUT2D eigenvalue weighted by Crippen LogP contribution is 2.36. The molecule has 1 aliphatic heterocycles. The number of rotatable bonds is 5. The third-order valence-electron chi connectivity index (χ3n) is 4.09. The van der Waals surface area contributed by atoms with Crippen LogP contribution in [-0.2, 0) is 4.74 Å². The molecule has 1 saturated heterocycles. The third kappa shape index (κ3) is 3.15. The van der Waals surface area contributed by atoms with E-state index in [0.717, 1.165) is 37.1 Å². The number of hydrogen-bond donors (Lipinski definition) is 1. The van der Waals surface area contributed by atoms with Crippen molar-refractivity contribution in [2.45, 2.75) is 45.8 Å². The number of nitrogens with one attached hydrogen (secondary N) is 1. The highest BCUT2D eigenvalue weighted by atomic mass is 19.1. The van der Waals surface area contributed by atoms with E-state index in [4.69, 9.17) is 4.74 Å². The molecular formula is C16H24FNO. The van der Waals surface area contributed by atoms with Gasteiger partial charge in [-0.05, 0) is 49.6 Å². The van der Waals surface area contributed by atoms with Crippen LogP contribution in [0.4, 0.5) is 4.39 Å². The van der Waals surface area contributed by atoms with Crippen LogP contribution in [0, 0.1) is 18.7 Å². The lowest BCUT2D eigenvalue weighted by atomic mass is 9.85. The summed E-state index contributed by atoms with van der Waals surface area (Å²) in [7, 11) is 0. The predicted molar refractivity (Wildman–Crippen MR) is 75.7 cm³/mol. The van der Waals surface area contributed by atoms with Crippen molar-refractivity contribution in [1.29, 1.82) is 0 Å². The van der Waals surface area contributed by atoms with Crippen molar-refractivity contribution in [3.05, 3.63) is 35.1 Å². The van der Waals surface area contributed by atoms with Crippen LogP contribution in [0.2, 0.25) is 0 Å². The summed E-state index contributed by atoms with van der Waals surface area (Å²) in [5, 5.41) is 3.53. The second kappa shape index (κ2) is 6.49. The average molecular weight is 265 g/mol. The standard InChI is InChI=1S/C16H24FNO/c1-4-15-13(8-9-19-15)16(18-5-2)14-10-12(17)7-6-11(14)3/h6-7,10,13,15-16,18H,4-5,8-9H2,1-3H3. The van der Waals surface area contributed by atoms with Gasteiger partial charge in [0.1, 0.15) is 5.82 Å². The lowest BCUT2D eigenvalue weighted by Crippen LogP contribution is -2.33. The van der Waals surface area contributed by atoms with Crippen LogP contribution in [0.1, 0.15) is 43.9 Å². The minimum atomic E-state index is -0.157. The van der Waals surface area contributed by atoms with Crippen LogP contribution in [0.25, 0.3) is 0 Å². The zero-order chi connectivity index (χ0) is 13.8. The van der Waals surface area contributed by atoms with Gasteiger partial charge < -0.3 is 10.1 Å². The van der Waals surface area contributed by atoms with E-state index in [-0.39, 0.29) is 18.0 Å². The molecule has 2 rings (SSSR count). The Morgan fingerprint density at radius 2 is 2.21 bits per heavy atom. The van der Waals surface area contributed by atoms with Gasteiger partial charge in [0.15, 0.2) is 0 Å². The molecule has 1 N–H and O–H groups in total. The molecule has 0 saturated carbocycles. The minimum absolute atomic E-state index is 0.157. The second-order valence-electron chi connectivity index (χ2n) is 5.31. The van der Waals surface area contributed by atoms with E-state index in [9.17, 15) is 4.39 Å². The second-order valence-corrected chi connectivity index (χ2v) is 5.31. The summed E-state index contributed by atoms with van der Waals surface area (Å²) in [6, 6.07) is 5.26. The van der Waals surface area contributed by atoms with Gasteiger partial charge in [-0.2, -0.15) is 0 Å². The van der Waals surface area contributed by atoms with Gasteiger partial charge in [-0.1, -0.05) is 19.9 Å². The molecular weight excluding hydrogens is 241 g/mol. The zero-order valence-corrected chi connectivity index (χ0v) is 12.1. The maximum atomic E-state index is 13.6. The highest BCUT2D eigenvalue weighted by Gasteiger charge is 2.34. The Bertz CT molecular complexity index is 421. The topological polar surface area (TPSA) is 21.3 Å². The van der Waals surface area contributed by atoms with E-state index >= 15 is 0 Å². The lowest BCUT2D eigenvalue weighted by molar-refractivity contribution is 0.0775. The Kier molecular flexibility index (Phi) is 4.94. The van der Waals surface area contributed by atoms with Gasteiger partial charge in [-0.25, -0.2) is 4.39 Å². The summed E-state index contributed by atoms with van der Waals surface area (Å²) >= 11 is 0. The van der Waals surface area contributed by atoms with Crippen molar-refractivity contribution in [1.82, 2.24) is 5.32 Å². The van der Waals surface area contributed by atoms with Crippen molar-refractivity contribution in [3.8, 4) is 0 Å². The Morgan fingerprint density at radius 1 is 1.42 bits per heavy atom. The van der Waals surface area contributed by atoms with Crippen molar-refractivity contribution >= 4 is 0 Å². The van der Waals surface area contributed by atoms with E-state index in [2.05, 4.69) is 26.1 Å². The van der Waals surface area contributed by atoms with Gasteiger partial charge in [-0.15, -0.1) is 0 Å². The van der Waals surface area contributed by atoms with Crippen LogP contribution in [0.15, 0.2) is 18.2 Å².